The average Bonchev–Trinajstić information content (AvgIpc) is 3.39. The highest BCUT2D eigenvalue weighted by atomic mass is 32.1. The van der Waals surface area contributed by atoms with Crippen molar-refractivity contribution in [1.29, 1.82) is 0 Å². The first kappa shape index (κ1) is 20.9. The van der Waals surface area contributed by atoms with Crippen LogP contribution in [0.1, 0.15) is 50.5 Å². The number of aliphatic carboxylic acids is 1. The van der Waals surface area contributed by atoms with Gasteiger partial charge in [0.15, 0.2) is 5.13 Å². The van der Waals surface area contributed by atoms with Crippen LogP contribution in [0.15, 0.2) is 36.5 Å². The molecule has 4 bridgehead atoms. The molecule has 0 radical (unpaired) electrons. The van der Waals surface area contributed by atoms with E-state index in [1.54, 1.807) is 6.07 Å². The molecule has 2 aliphatic carbocycles. The zero-order valence-corrected chi connectivity index (χ0v) is 19.3. The third kappa shape index (κ3) is 3.31. The van der Waals surface area contributed by atoms with Gasteiger partial charge in [0.05, 0.1) is 5.92 Å². The molecule has 33 heavy (non-hydrogen) atoms. The number of carboxylic acid groups (broad SMARTS) is 1. The molecule has 2 aliphatic heterocycles. The quantitative estimate of drug-likeness (QED) is 0.512. The van der Waals surface area contributed by atoms with E-state index in [4.69, 9.17) is 0 Å². The molecule has 0 spiro atoms. The normalized spacial score (nSPS) is 29.0. The standard InChI is InChI=1S/C26H27FN2O3S/c1-13(18-12-28-19-4-2-3-17(25(18)19)21-5-6-22(27)33-21)7-23(30)29-16-9-14-8-15(11-16)24(26(31)32)20(29)10-14/h2-6,12-16,20,24,28H,7-11H2,1H3,(H,31,32). The molecule has 6 atom stereocenters. The van der Waals surface area contributed by atoms with Crippen LogP contribution in [0.4, 0.5) is 4.39 Å². The minimum absolute atomic E-state index is 0.0438. The van der Waals surface area contributed by atoms with Crippen LogP contribution in [0.3, 0.4) is 0 Å². The monoisotopic (exact) mass is 466 g/mol. The van der Waals surface area contributed by atoms with Crippen molar-refractivity contribution in [2.75, 3.05) is 0 Å². The second-order valence-electron chi connectivity index (χ2n) is 10.1. The van der Waals surface area contributed by atoms with Crippen LogP contribution in [0.2, 0.25) is 0 Å². The Labute approximate surface area is 195 Å². The second-order valence-corrected chi connectivity index (χ2v) is 11.2. The fraction of sp³-hybridized carbons (Fsp3) is 0.462. The highest BCUT2D eigenvalue weighted by molar-refractivity contribution is 7.14. The van der Waals surface area contributed by atoms with Crippen LogP contribution >= 0.6 is 11.3 Å². The minimum atomic E-state index is -0.751. The number of fused-ring (bicyclic) bond motifs is 1. The first-order chi connectivity index (χ1) is 15.9. The van der Waals surface area contributed by atoms with E-state index < -0.39 is 11.9 Å². The van der Waals surface area contributed by atoms with E-state index in [2.05, 4.69) is 11.9 Å². The SMILES string of the molecule is CC(CC(=O)N1C2CC3CC(C2)C(C(=O)O)C1C3)c1c[nH]c2cccc(-c3ccc(F)s3)c12. The fourth-order valence-corrected chi connectivity index (χ4v) is 7.78. The van der Waals surface area contributed by atoms with Gasteiger partial charge in [-0.15, -0.1) is 11.3 Å². The molecule has 2 N–H and O–H groups in total. The van der Waals surface area contributed by atoms with Gasteiger partial charge >= 0.3 is 5.97 Å². The number of nitrogens with one attached hydrogen (secondary N) is 1. The third-order valence-corrected chi connectivity index (χ3v) is 9.13. The summed E-state index contributed by atoms with van der Waals surface area (Å²) < 4.78 is 13.7. The number of piperidine rings is 2. The number of thiophene rings is 1. The van der Waals surface area contributed by atoms with Gasteiger partial charge in [-0.3, -0.25) is 9.59 Å². The maximum absolute atomic E-state index is 13.7. The van der Waals surface area contributed by atoms with E-state index in [0.29, 0.717) is 12.3 Å². The molecule has 2 saturated carbocycles. The topological polar surface area (TPSA) is 73.4 Å². The van der Waals surface area contributed by atoms with Crippen LogP contribution in [-0.2, 0) is 9.59 Å². The third-order valence-electron chi connectivity index (χ3n) is 8.22. The van der Waals surface area contributed by atoms with E-state index in [1.165, 1.54) is 6.07 Å². The molecule has 2 saturated heterocycles. The number of aromatic amines is 1. The van der Waals surface area contributed by atoms with Gasteiger partial charge in [-0.1, -0.05) is 19.1 Å². The number of H-pyrrole nitrogens is 1. The summed E-state index contributed by atoms with van der Waals surface area (Å²) in [5.41, 5.74) is 2.98. The molecule has 6 unspecified atom stereocenters. The number of hydrogen-bond donors (Lipinski definition) is 2. The van der Waals surface area contributed by atoms with Gasteiger partial charge in [-0.25, -0.2) is 0 Å². The summed E-state index contributed by atoms with van der Waals surface area (Å²) in [6.07, 6.45) is 5.97. The summed E-state index contributed by atoms with van der Waals surface area (Å²) in [7, 11) is 0. The van der Waals surface area contributed by atoms with E-state index >= 15 is 0 Å². The van der Waals surface area contributed by atoms with Crippen LogP contribution in [0, 0.1) is 22.9 Å². The predicted octanol–water partition coefficient (Wildman–Crippen LogP) is 5.63. The van der Waals surface area contributed by atoms with Crippen molar-refractivity contribution in [3.63, 3.8) is 0 Å². The molecule has 1 amide bonds. The summed E-state index contributed by atoms with van der Waals surface area (Å²) in [6, 6.07) is 9.27. The van der Waals surface area contributed by atoms with Crippen molar-refractivity contribution in [2.45, 2.75) is 57.0 Å². The van der Waals surface area contributed by atoms with Gasteiger partial charge in [-0.2, -0.15) is 4.39 Å². The highest BCUT2D eigenvalue weighted by Gasteiger charge is 2.56. The lowest BCUT2D eigenvalue weighted by Gasteiger charge is -2.59. The molecule has 7 heteroatoms. The van der Waals surface area contributed by atoms with Gasteiger partial charge in [0.2, 0.25) is 5.91 Å². The maximum atomic E-state index is 13.7. The van der Waals surface area contributed by atoms with E-state index in [9.17, 15) is 19.1 Å². The van der Waals surface area contributed by atoms with Gasteiger partial charge in [0, 0.05) is 46.0 Å². The van der Waals surface area contributed by atoms with Crippen LogP contribution in [0.25, 0.3) is 21.3 Å². The molecule has 3 aromatic rings. The Bertz CT molecular complexity index is 1250. The number of amides is 1. The zero-order valence-electron chi connectivity index (χ0n) is 18.5. The number of halogens is 1. The summed E-state index contributed by atoms with van der Waals surface area (Å²) in [5, 5.41) is 10.7. The van der Waals surface area contributed by atoms with E-state index in [0.717, 1.165) is 63.9 Å². The summed E-state index contributed by atoms with van der Waals surface area (Å²) in [5.74, 6) is -0.370. The summed E-state index contributed by atoms with van der Waals surface area (Å²) in [6.45, 7) is 2.05. The second kappa shape index (κ2) is 7.69. The number of hydrogen-bond acceptors (Lipinski definition) is 3. The molecule has 2 aromatic heterocycles. The van der Waals surface area contributed by atoms with Gasteiger partial charge in [0.1, 0.15) is 0 Å². The molecular weight excluding hydrogens is 439 g/mol. The minimum Gasteiger partial charge on any atom is -0.481 e. The van der Waals surface area contributed by atoms with Crippen molar-refractivity contribution < 1.29 is 19.1 Å². The molecule has 172 valence electrons. The van der Waals surface area contributed by atoms with Gasteiger partial charge < -0.3 is 15.0 Å². The number of carbonyl (C=O) groups excluding carboxylic acids is 1. The Morgan fingerprint density at radius 1 is 1.21 bits per heavy atom. The van der Waals surface area contributed by atoms with Crippen LogP contribution < -0.4 is 0 Å². The number of carboxylic acids is 1. The lowest BCUT2D eigenvalue weighted by molar-refractivity contribution is -0.171. The smallest absolute Gasteiger partial charge is 0.308 e. The molecule has 1 aromatic carbocycles. The largest absolute Gasteiger partial charge is 0.481 e. The Morgan fingerprint density at radius 2 is 2.06 bits per heavy atom. The molecule has 4 fully saturated rings. The van der Waals surface area contributed by atoms with Crippen molar-refractivity contribution in [2.24, 2.45) is 17.8 Å². The number of carbonyl (C=O) groups is 2. The predicted molar refractivity (Wildman–Crippen MR) is 126 cm³/mol. The van der Waals surface area contributed by atoms with Crippen molar-refractivity contribution in [3.8, 4) is 10.4 Å². The van der Waals surface area contributed by atoms with E-state index in [-0.39, 0.29) is 35.0 Å². The number of rotatable bonds is 5. The number of aromatic nitrogens is 1. The average molecular weight is 467 g/mol. The van der Waals surface area contributed by atoms with E-state index in [1.807, 2.05) is 29.3 Å². The van der Waals surface area contributed by atoms with Gasteiger partial charge in [0.25, 0.3) is 0 Å². The summed E-state index contributed by atoms with van der Waals surface area (Å²) in [4.78, 5) is 31.7. The molecule has 4 heterocycles. The van der Waals surface area contributed by atoms with Crippen LogP contribution in [0.5, 0.6) is 0 Å². The molecule has 7 rings (SSSR count). The Balaban J connectivity index is 1.29. The molecular formula is C26H27FN2O3S. The van der Waals surface area contributed by atoms with Crippen molar-refractivity contribution in [3.05, 3.63) is 47.2 Å². The Hall–Kier alpha value is -2.67. The maximum Gasteiger partial charge on any atom is 0.308 e. The summed E-state index contributed by atoms with van der Waals surface area (Å²) >= 11 is 1.12. The Kier molecular flexibility index (Phi) is 4.87. The van der Waals surface area contributed by atoms with Gasteiger partial charge in [-0.05, 0) is 67.2 Å². The molecule has 5 nitrogen and oxygen atoms in total. The number of benzene rings is 1. The highest BCUT2D eigenvalue weighted by Crippen LogP contribution is 2.52. The van der Waals surface area contributed by atoms with Crippen molar-refractivity contribution in [1.82, 2.24) is 9.88 Å². The Morgan fingerprint density at radius 3 is 2.82 bits per heavy atom. The van der Waals surface area contributed by atoms with Crippen LogP contribution in [-0.4, -0.2) is 39.0 Å². The van der Waals surface area contributed by atoms with Crippen molar-refractivity contribution >= 4 is 34.1 Å². The fourth-order valence-electron chi connectivity index (χ4n) is 7.02. The number of nitrogens with zero attached hydrogens (tertiary/aromatic N) is 1. The first-order valence-corrected chi connectivity index (χ1v) is 12.6. The first-order valence-electron chi connectivity index (χ1n) is 11.8. The molecule has 4 aliphatic rings. The zero-order chi connectivity index (χ0) is 22.9. The lowest BCUT2D eigenvalue weighted by atomic mass is 9.58. The lowest BCUT2D eigenvalue weighted by Crippen LogP contribution is -2.65.